The Labute approximate surface area is 96.3 Å². The van der Waals surface area contributed by atoms with E-state index < -0.39 is 0 Å². The number of ether oxygens (including phenoxy) is 2. The molecule has 0 bridgehead atoms. The van der Waals surface area contributed by atoms with Gasteiger partial charge in [-0.05, 0) is 38.5 Å². The molecular formula is C12H20O4. The Kier molecular flexibility index (Phi) is 6.61. The van der Waals surface area contributed by atoms with E-state index in [-0.39, 0.29) is 11.9 Å². The van der Waals surface area contributed by atoms with E-state index in [2.05, 4.69) is 0 Å². The van der Waals surface area contributed by atoms with Crippen LogP contribution in [0.25, 0.3) is 0 Å². The van der Waals surface area contributed by atoms with Crippen molar-refractivity contribution in [2.24, 2.45) is 0 Å². The third-order valence-electron chi connectivity index (χ3n) is 2.58. The van der Waals surface area contributed by atoms with Crippen LogP contribution in [0.5, 0.6) is 0 Å². The van der Waals surface area contributed by atoms with E-state index in [1.807, 2.05) is 0 Å². The molecule has 1 rings (SSSR count). The lowest BCUT2D eigenvalue weighted by atomic mass is 10.2. The van der Waals surface area contributed by atoms with Gasteiger partial charge < -0.3 is 9.47 Å². The van der Waals surface area contributed by atoms with Crippen molar-refractivity contribution in [3.8, 4) is 0 Å². The predicted octanol–water partition coefficient (Wildman–Crippen LogP) is 2.21. The molecule has 0 radical (unpaired) electrons. The Morgan fingerprint density at radius 3 is 1.50 bits per heavy atom. The van der Waals surface area contributed by atoms with E-state index >= 15 is 0 Å². The first kappa shape index (κ1) is 13.0. The van der Waals surface area contributed by atoms with Crippen molar-refractivity contribution < 1.29 is 19.1 Å². The molecule has 92 valence electrons. The van der Waals surface area contributed by atoms with Crippen LogP contribution in [0.1, 0.15) is 51.4 Å². The van der Waals surface area contributed by atoms with Crippen molar-refractivity contribution in [3.05, 3.63) is 0 Å². The summed E-state index contributed by atoms with van der Waals surface area (Å²) in [5.41, 5.74) is 0. The SMILES string of the molecule is O=C1CCCCC(=O)OCCCCCCO1. The smallest absolute Gasteiger partial charge is 0.305 e. The highest BCUT2D eigenvalue weighted by Crippen LogP contribution is 2.07. The average Bonchev–Trinajstić information content (AvgIpc) is 2.27. The van der Waals surface area contributed by atoms with Gasteiger partial charge in [-0.25, -0.2) is 0 Å². The van der Waals surface area contributed by atoms with Crippen molar-refractivity contribution in [2.45, 2.75) is 51.4 Å². The molecule has 0 atom stereocenters. The molecule has 0 aromatic carbocycles. The van der Waals surface area contributed by atoms with Crippen molar-refractivity contribution in [1.82, 2.24) is 0 Å². The van der Waals surface area contributed by atoms with E-state index in [9.17, 15) is 9.59 Å². The first-order chi connectivity index (χ1) is 7.79. The van der Waals surface area contributed by atoms with Crippen LogP contribution in [0, 0.1) is 0 Å². The lowest BCUT2D eigenvalue weighted by Crippen LogP contribution is -2.09. The second-order valence-corrected chi connectivity index (χ2v) is 4.06. The second kappa shape index (κ2) is 8.13. The quantitative estimate of drug-likeness (QED) is 0.596. The maximum absolute atomic E-state index is 11.2. The minimum absolute atomic E-state index is 0.148. The molecule has 1 aliphatic heterocycles. The number of carbonyl (C=O) groups is 2. The Morgan fingerprint density at radius 2 is 1.06 bits per heavy atom. The van der Waals surface area contributed by atoms with Gasteiger partial charge in [0, 0.05) is 12.8 Å². The van der Waals surface area contributed by atoms with Crippen molar-refractivity contribution in [1.29, 1.82) is 0 Å². The van der Waals surface area contributed by atoms with Crippen molar-refractivity contribution >= 4 is 11.9 Å². The maximum Gasteiger partial charge on any atom is 0.305 e. The van der Waals surface area contributed by atoms with Crippen molar-refractivity contribution in [2.75, 3.05) is 13.2 Å². The second-order valence-electron chi connectivity index (χ2n) is 4.06. The van der Waals surface area contributed by atoms with Gasteiger partial charge in [-0.15, -0.1) is 0 Å². The van der Waals surface area contributed by atoms with Crippen LogP contribution >= 0.6 is 0 Å². The molecule has 0 aromatic rings. The van der Waals surface area contributed by atoms with E-state index in [1.165, 1.54) is 0 Å². The molecule has 0 saturated carbocycles. The van der Waals surface area contributed by atoms with Crippen molar-refractivity contribution in [3.63, 3.8) is 0 Å². The molecule has 1 heterocycles. The number of hydrogen-bond acceptors (Lipinski definition) is 4. The number of hydrogen-bond donors (Lipinski definition) is 0. The maximum atomic E-state index is 11.2. The molecule has 0 aliphatic carbocycles. The topological polar surface area (TPSA) is 52.6 Å². The highest BCUT2D eigenvalue weighted by molar-refractivity contribution is 5.70. The fourth-order valence-corrected chi connectivity index (χ4v) is 1.61. The summed E-state index contributed by atoms with van der Waals surface area (Å²) in [6.45, 7) is 1.05. The molecule has 1 aliphatic rings. The molecule has 1 fully saturated rings. The summed E-state index contributed by atoms with van der Waals surface area (Å²) in [6, 6.07) is 0. The Morgan fingerprint density at radius 1 is 0.625 bits per heavy atom. The first-order valence-corrected chi connectivity index (χ1v) is 6.10. The summed E-state index contributed by atoms with van der Waals surface area (Å²) in [7, 11) is 0. The van der Waals surface area contributed by atoms with Crippen LogP contribution in [0.4, 0.5) is 0 Å². The largest absolute Gasteiger partial charge is 0.466 e. The number of rotatable bonds is 0. The third-order valence-corrected chi connectivity index (χ3v) is 2.58. The summed E-state index contributed by atoms with van der Waals surface area (Å²) in [5, 5.41) is 0. The van der Waals surface area contributed by atoms with E-state index in [1.54, 1.807) is 0 Å². The average molecular weight is 228 g/mol. The zero-order valence-electron chi connectivity index (χ0n) is 9.70. The molecule has 0 amide bonds. The molecule has 0 N–H and O–H groups in total. The summed E-state index contributed by atoms with van der Waals surface area (Å²) < 4.78 is 10.1. The zero-order chi connectivity index (χ0) is 11.6. The monoisotopic (exact) mass is 228 g/mol. The van der Waals surface area contributed by atoms with Gasteiger partial charge in [0.2, 0.25) is 0 Å². The standard InChI is InChI=1S/C12H20O4/c13-11-7-3-4-8-12(14)16-10-6-2-1-5-9-15-11/h1-10H2. The highest BCUT2D eigenvalue weighted by Gasteiger charge is 2.06. The van der Waals surface area contributed by atoms with E-state index in [0.29, 0.717) is 38.9 Å². The van der Waals surface area contributed by atoms with Crippen LogP contribution in [0.2, 0.25) is 0 Å². The zero-order valence-corrected chi connectivity index (χ0v) is 9.70. The van der Waals surface area contributed by atoms with Gasteiger partial charge in [0.25, 0.3) is 0 Å². The van der Waals surface area contributed by atoms with Crippen LogP contribution in [-0.2, 0) is 19.1 Å². The number of esters is 2. The lowest BCUT2D eigenvalue weighted by molar-refractivity contribution is -0.146. The van der Waals surface area contributed by atoms with Crippen LogP contribution < -0.4 is 0 Å². The molecular weight excluding hydrogens is 208 g/mol. The molecule has 4 nitrogen and oxygen atoms in total. The summed E-state index contributed by atoms with van der Waals surface area (Å²) in [5.74, 6) is -0.296. The Balaban J connectivity index is 2.24. The molecule has 16 heavy (non-hydrogen) atoms. The predicted molar refractivity (Wildman–Crippen MR) is 58.9 cm³/mol. The fraction of sp³-hybridized carbons (Fsp3) is 0.833. The molecule has 0 aromatic heterocycles. The van der Waals surface area contributed by atoms with Gasteiger partial charge in [-0.2, -0.15) is 0 Å². The van der Waals surface area contributed by atoms with E-state index in [0.717, 1.165) is 25.7 Å². The van der Waals surface area contributed by atoms with Crippen LogP contribution in [0.15, 0.2) is 0 Å². The number of cyclic esters (lactones) is 2. The van der Waals surface area contributed by atoms with Crippen LogP contribution in [0.3, 0.4) is 0 Å². The minimum atomic E-state index is -0.148. The fourth-order valence-electron chi connectivity index (χ4n) is 1.61. The minimum Gasteiger partial charge on any atom is -0.466 e. The van der Waals surface area contributed by atoms with Gasteiger partial charge in [-0.1, -0.05) is 0 Å². The first-order valence-electron chi connectivity index (χ1n) is 6.10. The number of carbonyl (C=O) groups excluding carboxylic acids is 2. The molecule has 1 saturated heterocycles. The summed E-state index contributed by atoms with van der Waals surface area (Å²) in [6.07, 6.45) is 6.07. The third kappa shape index (κ3) is 6.43. The van der Waals surface area contributed by atoms with E-state index in [4.69, 9.17) is 9.47 Å². The highest BCUT2D eigenvalue weighted by atomic mass is 16.5. The summed E-state index contributed by atoms with van der Waals surface area (Å²) >= 11 is 0. The van der Waals surface area contributed by atoms with Crippen LogP contribution in [-0.4, -0.2) is 25.2 Å². The summed E-state index contributed by atoms with van der Waals surface area (Å²) in [4.78, 5) is 22.4. The molecule has 4 heteroatoms. The van der Waals surface area contributed by atoms with Gasteiger partial charge in [0.1, 0.15) is 0 Å². The molecule has 0 spiro atoms. The lowest BCUT2D eigenvalue weighted by Gasteiger charge is -2.07. The molecule has 0 unspecified atom stereocenters. The van der Waals surface area contributed by atoms with Gasteiger partial charge in [0.15, 0.2) is 0 Å². The van der Waals surface area contributed by atoms with Gasteiger partial charge in [0.05, 0.1) is 13.2 Å². The Bertz CT molecular complexity index is 201. The van der Waals surface area contributed by atoms with Gasteiger partial charge >= 0.3 is 11.9 Å². The Hall–Kier alpha value is -1.06. The van der Waals surface area contributed by atoms with Gasteiger partial charge in [-0.3, -0.25) is 9.59 Å². The normalized spacial score (nSPS) is 21.8.